The Morgan fingerprint density at radius 2 is 2.17 bits per heavy atom. The van der Waals surface area contributed by atoms with E-state index >= 15 is 0 Å². The van der Waals surface area contributed by atoms with Crippen molar-refractivity contribution in [2.75, 3.05) is 13.7 Å². The summed E-state index contributed by atoms with van der Waals surface area (Å²) in [5.74, 6) is -4.35. The number of amides is 1. The summed E-state index contributed by atoms with van der Waals surface area (Å²) in [5.41, 5.74) is 8.67. The molecule has 0 aromatic heterocycles. The van der Waals surface area contributed by atoms with Gasteiger partial charge in [0.05, 0.1) is 25.8 Å². The van der Waals surface area contributed by atoms with Gasteiger partial charge in [0, 0.05) is 18.3 Å². The molecule has 0 aromatic carbocycles. The molecule has 1 aliphatic heterocycles. The number of methoxy groups -OCH3 is 1. The molecule has 0 spiro atoms. The largest absolute Gasteiger partial charge is 0.465 e. The molecule has 0 aromatic rings. The molecule has 1 aliphatic rings. The predicted octanol–water partition coefficient (Wildman–Crippen LogP) is -2.47. The standard InChI is InChI=1S/C12H20N4O8/c1-5(18)14-8-6(15-16-13)3-12(22,11(21)23-2)24-10(8)9(20)7(19)4-17/h6-10,17,19-20,22H,3-4H2,1-2H3,(H,14,18)/t6-,7-,8-,9-,10?,12+/m1/s1. The second-order valence-electron chi connectivity index (χ2n) is 5.30. The first-order valence-electron chi connectivity index (χ1n) is 6.97. The molecule has 1 heterocycles. The Bertz CT molecular complexity index is 525. The normalized spacial score (nSPS) is 32.2. The topological polar surface area (TPSA) is 194 Å². The Kier molecular flexibility index (Phi) is 6.90. The van der Waals surface area contributed by atoms with Crippen LogP contribution in [0, 0.1) is 0 Å². The number of azide groups is 1. The van der Waals surface area contributed by atoms with E-state index < -0.39 is 61.1 Å². The van der Waals surface area contributed by atoms with Gasteiger partial charge in [-0.15, -0.1) is 0 Å². The minimum atomic E-state index is -2.57. The van der Waals surface area contributed by atoms with Crippen molar-refractivity contribution in [1.82, 2.24) is 5.32 Å². The number of rotatable bonds is 6. The van der Waals surface area contributed by atoms with Crippen molar-refractivity contribution in [3.63, 3.8) is 0 Å². The minimum Gasteiger partial charge on any atom is -0.465 e. The Labute approximate surface area is 136 Å². The van der Waals surface area contributed by atoms with E-state index in [1.807, 2.05) is 0 Å². The maximum absolute atomic E-state index is 11.8. The third-order valence-electron chi connectivity index (χ3n) is 3.58. The van der Waals surface area contributed by atoms with Gasteiger partial charge in [-0.3, -0.25) is 4.79 Å². The van der Waals surface area contributed by atoms with Gasteiger partial charge < -0.3 is 35.2 Å². The quantitative estimate of drug-likeness (QED) is 0.151. The average Bonchev–Trinajstić information content (AvgIpc) is 2.54. The highest BCUT2D eigenvalue weighted by Crippen LogP contribution is 2.32. The van der Waals surface area contributed by atoms with Crippen molar-refractivity contribution in [3.8, 4) is 0 Å². The molecule has 1 rings (SSSR count). The molecule has 6 atom stereocenters. The summed E-state index contributed by atoms with van der Waals surface area (Å²) in [6.07, 6.45) is -5.62. The summed E-state index contributed by atoms with van der Waals surface area (Å²) in [6.45, 7) is 0.302. The van der Waals surface area contributed by atoms with Crippen LogP contribution in [0.4, 0.5) is 0 Å². The van der Waals surface area contributed by atoms with E-state index in [0.717, 1.165) is 14.0 Å². The van der Waals surface area contributed by atoms with Crippen LogP contribution in [0.15, 0.2) is 5.11 Å². The number of carbonyl (C=O) groups is 2. The fraction of sp³-hybridized carbons (Fsp3) is 0.833. The second-order valence-corrected chi connectivity index (χ2v) is 5.30. The summed E-state index contributed by atoms with van der Waals surface area (Å²) in [4.78, 5) is 25.7. The van der Waals surface area contributed by atoms with Crippen molar-refractivity contribution < 1.29 is 39.5 Å². The first-order valence-corrected chi connectivity index (χ1v) is 6.97. The van der Waals surface area contributed by atoms with Crippen LogP contribution < -0.4 is 5.32 Å². The number of aliphatic hydroxyl groups is 4. The monoisotopic (exact) mass is 348 g/mol. The molecular weight excluding hydrogens is 328 g/mol. The van der Waals surface area contributed by atoms with Gasteiger partial charge in [0.15, 0.2) is 0 Å². The molecule has 1 fully saturated rings. The van der Waals surface area contributed by atoms with E-state index in [-0.39, 0.29) is 0 Å². The number of hydrogen-bond acceptors (Lipinski definition) is 9. The van der Waals surface area contributed by atoms with Crippen LogP contribution in [0.5, 0.6) is 0 Å². The lowest BCUT2D eigenvalue weighted by molar-refractivity contribution is -0.283. The number of esters is 1. The summed E-state index contributed by atoms with van der Waals surface area (Å²) >= 11 is 0. The van der Waals surface area contributed by atoms with E-state index in [2.05, 4.69) is 20.1 Å². The van der Waals surface area contributed by atoms with Gasteiger partial charge in [-0.25, -0.2) is 4.79 Å². The first kappa shape index (κ1) is 20.1. The Hall–Kier alpha value is -1.95. The summed E-state index contributed by atoms with van der Waals surface area (Å²) in [5, 5.41) is 44.8. The van der Waals surface area contributed by atoms with E-state index in [4.69, 9.17) is 15.4 Å². The molecule has 1 amide bonds. The zero-order chi connectivity index (χ0) is 18.5. The SMILES string of the molecule is COC(=O)[C@]1(O)C[C@@H](N=[N+]=[N-])[C@@H](NC(C)=O)C([C@H](O)[C@H](O)CO)O1. The van der Waals surface area contributed by atoms with Crippen LogP contribution in [0.25, 0.3) is 10.4 Å². The fourth-order valence-electron chi connectivity index (χ4n) is 2.47. The highest BCUT2D eigenvalue weighted by Gasteiger charge is 2.54. The van der Waals surface area contributed by atoms with Crippen LogP contribution in [-0.4, -0.2) is 82.2 Å². The highest BCUT2D eigenvalue weighted by molar-refractivity contribution is 5.78. The molecule has 5 N–H and O–H groups in total. The Morgan fingerprint density at radius 3 is 2.62 bits per heavy atom. The summed E-state index contributed by atoms with van der Waals surface area (Å²) in [6, 6.07) is -2.36. The smallest absolute Gasteiger partial charge is 0.366 e. The third-order valence-corrected chi connectivity index (χ3v) is 3.58. The predicted molar refractivity (Wildman–Crippen MR) is 76.1 cm³/mol. The lowest BCUT2D eigenvalue weighted by atomic mass is 9.87. The van der Waals surface area contributed by atoms with Gasteiger partial charge >= 0.3 is 5.97 Å². The molecule has 0 aliphatic carbocycles. The molecule has 0 radical (unpaired) electrons. The van der Waals surface area contributed by atoms with Crippen LogP contribution >= 0.6 is 0 Å². The maximum Gasteiger partial charge on any atom is 0.366 e. The molecular formula is C12H20N4O8. The van der Waals surface area contributed by atoms with Crippen molar-refractivity contribution in [3.05, 3.63) is 10.4 Å². The average molecular weight is 348 g/mol. The fourth-order valence-corrected chi connectivity index (χ4v) is 2.47. The Balaban J connectivity index is 3.29. The molecule has 24 heavy (non-hydrogen) atoms. The van der Waals surface area contributed by atoms with E-state index in [1.54, 1.807) is 0 Å². The van der Waals surface area contributed by atoms with Gasteiger partial charge in [0.1, 0.15) is 18.3 Å². The van der Waals surface area contributed by atoms with Crippen molar-refractivity contribution >= 4 is 11.9 Å². The molecule has 136 valence electrons. The van der Waals surface area contributed by atoms with Gasteiger partial charge in [-0.2, -0.15) is 0 Å². The van der Waals surface area contributed by atoms with Crippen LogP contribution in [-0.2, 0) is 19.1 Å². The van der Waals surface area contributed by atoms with Crippen LogP contribution in [0.1, 0.15) is 13.3 Å². The van der Waals surface area contributed by atoms with E-state index in [1.165, 1.54) is 0 Å². The van der Waals surface area contributed by atoms with Crippen molar-refractivity contribution in [2.45, 2.75) is 49.5 Å². The first-order chi connectivity index (χ1) is 11.2. The number of hydrogen-bond donors (Lipinski definition) is 5. The molecule has 1 unspecified atom stereocenters. The minimum absolute atomic E-state index is 0.548. The number of ether oxygens (including phenoxy) is 2. The van der Waals surface area contributed by atoms with Crippen molar-refractivity contribution in [2.24, 2.45) is 5.11 Å². The van der Waals surface area contributed by atoms with Gasteiger partial charge in [-0.05, 0) is 5.53 Å². The maximum atomic E-state index is 11.8. The molecule has 0 bridgehead atoms. The molecule has 1 saturated heterocycles. The number of carbonyl (C=O) groups excluding carboxylic acids is 2. The van der Waals surface area contributed by atoms with Gasteiger partial charge in [0.2, 0.25) is 5.91 Å². The summed E-state index contributed by atoms with van der Waals surface area (Å²) in [7, 11) is 0.986. The zero-order valence-corrected chi connectivity index (χ0v) is 13.1. The molecule has 12 nitrogen and oxygen atoms in total. The van der Waals surface area contributed by atoms with Gasteiger partial charge in [0.25, 0.3) is 5.79 Å². The van der Waals surface area contributed by atoms with E-state index in [9.17, 15) is 24.9 Å². The second kappa shape index (κ2) is 8.24. The Morgan fingerprint density at radius 1 is 1.54 bits per heavy atom. The molecule has 0 saturated carbocycles. The molecule has 12 heteroatoms. The zero-order valence-electron chi connectivity index (χ0n) is 13.1. The lowest BCUT2D eigenvalue weighted by Gasteiger charge is -2.45. The van der Waals surface area contributed by atoms with Gasteiger partial charge in [-0.1, -0.05) is 5.11 Å². The number of aliphatic hydroxyl groups excluding tert-OH is 3. The number of nitrogens with one attached hydrogen (secondary N) is 1. The lowest BCUT2D eigenvalue weighted by Crippen LogP contribution is -2.67. The van der Waals surface area contributed by atoms with Crippen molar-refractivity contribution in [1.29, 1.82) is 0 Å². The third kappa shape index (κ3) is 4.32. The van der Waals surface area contributed by atoms with E-state index in [0.29, 0.717) is 0 Å². The van der Waals surface area contributed by atoms with Crippen LogP contribution in [0.3, 0.4) is 0 Å². The number of nitrogens with zero attached hydrogens (tertiary/aromatic N) is 3. The van der Waals surface area contributed by atoms with Crippen LogP contribution in [0.2, 0.25) is 0 Å². The highest BCUT2D eigenvalue weighted by atomic mass is 16.7. The summed E-state index contributed by atoms with van der Waals surface area (Å²) < 4.78 is 9.58.